The van der Waals surface area contributed by atoms with Crippen molar-refractivity contribution in [2.75, 3.05) is 17.6 Å². The maximum Gasteiger partial charge on any atom is 0.0625 e. The molecule has 0 radical (unpaired) electrons. The molecule has 1 aromatic rings. The van der Waals surface area contributed by atoms with Gasteiger partial charge in [0, 0.05) is 27.7 Å². The molecule has 0 saturated heterocycles. The highest BCUT2D eigenvalue weighted by molar-refractivity contribution is 9.10. The molecule has 0 amide bonds. The van der Waals surface area contributed by atoms with E-state index >= 15 is 0 Å². The van der Waals surface area contributed by atoms with Crippen LogP contribution >= 0.6 is 27.7 Å². The van der Waals surface area contributed by atoms with Crippen LogP contribution in [-0.4, -0.2) is 18.3 Å². The van der Waals surface area contributed by atoms with Crippen LogP contribution in [0.1, 0.15) is 0 Å². The van der Waals surface area contributed by atoms with Gasteiger partial charge in [0.25, 0.3) is 0 Å². The van der Waals surface area contributed by atoms with Gasteiger partial charge in [-0.3, -0.25) is 0 Å². The third kappa shape index (κ3) is 1.85. The van der Waals surface area contributed by atoms with Gasteiger partial charge in [0.15, 0.2) is 0 Å². The van der Waals surface area contributed by atoms with Gasteiger partial charge in [0.1, 0.15) is 0 Å². The van der Waals surface area contributed by atoms with Crippen LogP contribution in [0.5, 0.6) is 0 Å². The fourth-order valence-corrected chi connectivity index (χ4v) is 3.03. The predicted octanol–water partition coefficient (Wildman–Crippen LogP) is 2.29. The maximum atomic E-state index is 5.62. The van der Waals surface area contributed by atoms with Crippen LogP contribution in [0.4, 0.5) is 5.69 Å². The van der Waals surface area contributed by atoms with Crippen molar-refractivity contribution in [3.8, 4) is 0 Å². The van der Waals surface area contributed by atoms with Gasteiger partial charge in [0.05, 0.1) is 5.69 Å². The van der Waals surface area contributed by atoms with E-state index in [1.807, 2.05) is 17.8 Å². The summed E-state index contributed by atoms with van der Waals surface area (Å²) < 4.78 is 1.12. The smallest absolute Gasteiger partial charge is 0.0625 e. The van der Waals surface area contributed by atoms with E-state index in [-0.39, 0.29) is 0 Å². The zero-order chi connectivity index (χ0) is 9.26. The molecule has 70 valence electrons. The third-order valence-electron chi connectivity index (χ3n) is 2.05. The molecular formula is C9H11BrN2S. The van der Waals surface area contributed by atoms with Crippen molar-refractivity contribution in [3.63, 3.8) is 0 Å². The van der Waals surface area contributed by atoms with E-state index in [1.54, 1.807) is 0 Å². The van der Waals surface area contributed by atoms with Gasteiger partial charge in [-0.15, -0.1) is 11.8 Å². The first-order valence-electron chi connectivity index (χ1n) is 4.19. The molecule has 1 aliphatic rings. The Hall–Kier alpha value is -0.190. The van der Waals surface area contributed by atoms with Crippen molar-refractivity contribution in [2.45, 2.75) is 10.9 Å². The lowest BCUT2D eigenvalue weighted by molar-refractivity contribution is 0.802. The predicted molar refractivity (Wildman–Crippen MR) is 61.3 cm³/mol. The molecule has 1 atom stereocenters. The minimum absolute atomic E-state index is 0.399. The SMILES string of the molecule is NCC1CSc2cccc(Br)c2N1. The number of nitrogens with one attached hydrogen (secondary N) is 1. The minimum atomic E-state index is 0.399. The normalized spacial score (nSPS) is 20.6. The summed E-state index contributed by atoms with van der Waals surface area (Å²) in [4.78, 5) is 1.30. The molecule has 13 heavy (non-hydrogen) atoms. The Kier molecular flexibility index (Phi) is 2.81. The lowest BCUT2D eigenvalue weighted by Gasteiger charge is -2.26. The fraction of sp³-hybridized carbons (Fsp3) is 0.333. The van der Waals surface area contributed by atoms with Crippen molar-refractivity contribution in [3.05, 3.63) is 22.7 Å². The highest BCUT2D eigenvalue weighted by atomic mass is 79.9. The lowest BCUT2D eigenvalue weighted by atomic mass is 10.2. The first kappa shape index (κ1) is 9.37. The Labute approximate surface area is 90.4 Å². The average Bonchev–Trinajstić information content (AvgIpc) is 2.18. The van der Waals surface area contributed by atoms with Crippen molar-refractivity contribution in [1.29, 1.82) is 0 Å². The number of para-hydroxylation sites is 1. The zero-order valence-electron chi connectivity index (χ0n) is 7.09. The summed E-state index contributed by atoms with van der Waals surface area (Å²) in [6, 6.07) is 6.63. The summed E-state index contributed by atoms with van der Waals surface area (Å²) in [5.41, 5.74) is 6.81. The van der Waals surface area contributed by atoms with E-state index < -0.39 is 0 Å². The van der Waals surface area contributed by atoms with Crippen molar-refractivity contribution >= 4 is 33.4 Å². The van der Waals surface area contributed by atoms with E-state index in [9.17, 15) is 0 Å². The van der Waals surface area contributed by atoms with Crippen LogP contribution in [0.25, 0.3) is 0 Å². The largest absolute Gasteiger partial charge is 0.378 e. The number of benzene rings is 1. The Bertz CT molecular complexity index is 316. The number of halogens is 1. The molecule has 0 aromatic heterocycles. The van der Waals surface area contributed by atoms with Crippen LogP contribution in [-0.2, 0) is 0 Å². The first-order valence-corrected chi connectivity index (χ1v) is 5.97. The Morgan fingerprint density at radius 3 is 3.23 bits per heavy atom. The van der Waals surface area contributed by atoms with Crippen molar-refractivity contribution in [2.24, 2.45) is 5.73 Å². The zero-order valence-corrected chi connectivity index (χ0v) is 9.49. The number of anilines is 1. The van der Waals surface area contributed by atoms with E-state index in [1.165, 1.54) is 10.6 Å². The summed E-state index contributed by atoms with van der Waals surface area (Å²) in [5.74, 6) is 1.06. The third-order valence-corrected chi connectivity index (χ3v) is 3.93. The topological polar surface area (TPSA) is 38.0 Å². The highest BCUT2D eigenvalue weighted by Crippen LogP contribution is 2.37. The first-order chi connectivity index (χ1) is 6.31. The summed E-state index contributed by atoms with van der Waals surface area (Å²) >= 11 is 5.39. The highest BCUT2D eigenvalue weighted by Gasteiger charge is 2.18. The Balaban J connectivity index is 2.32. The van der Waals surface area contributed by atoms with Gasteiger partial charge in [-0.2, -0.15) is 0 Å². The molecule has 2 nitrogen and oxygen atoms in total. The van der Waals surface area contributed by atoms with Gasteiger partial charge in [-0.05, 0) is 28.1 Å². The van der Waals surface area contributed by atoms with Crippen LogP contribution in [0, 0.1) is 0 Å². The van der Waals surface area contributed by atoms with Crippen LogP contribution in [0.2, 0.25) is 0 Å². The fourth-order valence-electron chi connectivity index (χ4n) is 1.33. The molecule has 1 aliphatic heterocycles. The number of nitrogens with two attached hydrogens (primary N) is 1. The monoisotopic (exact) mass is 258 g/mol. The number of hydrogen-bond donors (Lipinski definition) is 2. The van der Waals surface area contributed by atoms with Crippen LogP contribution < -0.4 is 11.1 Å². The molecule has 2 rings (SSSR count). The summed E-state index contributed by atoms with van der Waals surface area (Å²) in [6.07, 6.45) is 0. The Morgan fingerprint density at radius 1 is 1.62 bits per heavy atom. The van der Waals surface area contributed by atoms with Crippen LogP contribution in [0.3, 0.4) is 0 Å². The molecule has 0 bridgehead atoms. The molecule has 0 aliphatic carbocycles. The number of fused-ring (bicyclic) bond motifs is 1. The lowest BCUT2D eigenvalue weighted by Crippen LogP contribution is -2.33. The van der Waals surface area contributed by atoms with E-state index in [0.29, 0.717) is 12.6 Å². The number of thioether (sulfide) groups is 1. The molecule has 1 aromatic carbocycles. The van der Waals surface area contributed by atoms with Gasteiger partial charge >= 0.3 is 0 Å². The molecule has 3 N–H and O–H groups in total. The second-order valence-corrected chi connectivity index (χ2v) is 4.92. The number of rotatable bonds is 1. The van der Waals surface area contributed by atoms with Crippen molar-refractivity contribution < 1.29 is 0 Å². The van der Waals surface area contributed by atoms with E-state index in [0.717, 1.165) is 10.2 Å². The molecule has 1 unspecified atom stereocenters. The summed E-state index contributed by atoms with van der Waals surface area (Å²) in [6.45, 7) is 0.688. The standard InChI is InChI=1S/C9H11BrN2S/c10-7-2-1-3-8-9(7)12-6(4-11)5-13-8/h1-3,6,12H,4-5,11H2. The number of hydrogen-bond acceptors (Lipinski definition) is 3. The van der Waals surface area contributed by atoms with E-state index in [4.69, 9.17) is 5.73 Å². The second kappa shape index (κ2) is 3.90. The van der Waals surface area contributed by atoms with Gasteiger partial charge in [-0.1, -0.05) is 6.07 Å². The van der Waals surface area contributed by atoms with Gasteiger partial charge < -0.3 is 11.1 Å². The molecule has 0 saturated carbocycles. The van der Waals surface area contributed by atoms with Gasteiger partial charge in [-0.25, -0.2) is 0 Å². The van der Waals surface area contributed by atoms with E-state index in [2.05, 4.69) is 33.4 Å². The minimum Gasteiger partial charge on any atom is -0.378 e. The quantitative estimate of drug-likeness (QED) is 0.812. The van der Waals surface area contributed by atoms with Crippen molar-refractivity contribution in [1.82, 2.24) is 0 Å². The average molecular weight is 259 g/mol. The molecule has 1 heterocycles. The second-order valence-electron chi connectivity index (χ2n) is 3.00. The molecule has 0 fully saturated rings. The molecular weight excluding hydrogens is 248 g/mol. The van der Waals surface area contributed by atoms with Crippen LogP contribution in [0.15, 0.2) is 27.6 Å². The van der Waals surface area contributed by atoms with Gasteiger partial charge in [0.2, 0.25) is 0 Å². The molecule has 4 heteroatoms. The Morgan fingerprint density at radius 2 is 2.46 bits per heavy atom. The maximum absolute atomic E-state index is 5.62. The molecule has 0 spiro atoms. The summed E-state index contributed by atoms with van der Waals surface area (Å²) in [7, 11) is 0. The summed E-state index contributed by atoms with van der Waals surface area (Å²) in [5, 5.41) is 3.42.